The molecular formula is C28H32F2N3O8P. The number of carbonyl (C=O) groups is 1. The van der Waals surface area contributed by atoms with Gasteiger partial charge in [-0.25, -0.2) is 18.1 Å². The fourth-order valence-corrected chi connectivity index (χ4v) is 5.89. The highest BCUT2D eigenvalue weighted by Crippen LogP contribution is 2.47. The van der Waals surface area contributed by atoms with Crippen LogP contribution in [0.1, 0.15) is 40.3 Å². The Hall–Kier alpha value is -3.64. The Morgan fingerprint density at radius 2 is 1.74 bits per heavy atom. The van der Waals surface area contributed by atoms with E-state index in [0.717, 1.165) is 28.0 Å². The van der Waals surface area contributed by atoms with Gasteiger partial charge in [-0.2, -0.15) is 5.09 Å². The molecule has 1 aliphatic rings. The van der Waals surface area contributed by atoms with Gasteiger partial charge in [0.25, 0.3) is 5.56 Å². The fourth-order valence-electron chi connectivity index (χ4n) is 4.37. The van der Waals surface area contributed by atoms with Gasteiger partial charge in [-0.15, -0.1) is 0 Å². The third kappa shape index (κ3) is 7.80. The normalized spacial score (nSPS) is 22.5. The van der Waals surface area contributed by atoms with E-state index in [1.165, 1.54) is 38.1 Å². The van der Waals surface area contributed by atoms with Gasteiger partial charge >= 0.3 is 19.4 Å². The highest BCUT2D eigenvalue weighted by atomic mass is 31.2. The molecule has 14 heteroatoms. The summed E-state index contributed by atoms with van der Waals surface area (Å²) in [7, 11) is -4.31. The standard InChI is InChI=1S/C28H32F2N3O8P/c1-17(2)39-25(35)18(3)32-42(37,41-22-11-7-20(8-12-22)19-5-9-21(29)10-6-19)38-16-23-15-28(4,30)26(40-23)33-14-13-24(34)31-27(33)36/h5-14,17-18,23,26H,15-16H2,1-4H3,(H,32,37)(H,31,34,36). The van der Waals surface area contributed by atoms with Crippen LogP contribution >= 0.6 is 7.75 Å². The van der Waals surface area contributed by atoms with Crippen molar-refractivity contribution in [2.24, 2.45) is 0 Å². The Bertz CT molecular complexity index is 1560. The summed E-state index contributed by atoms with van der Waals surface area (Å²) in [5.41, 5.74) is -2.05. The predicted octanol–water partition coefficient (Wildman–Crippen LogP) is 4.49. The monoisotopic (exact) mass is 607 g/mol. The highest BCUT2D eigenvalue weighted by Gasteiger charge is 2.48. The van der Waals surface area contributed by atoms with Crippen LogP contribution in [0.2, 0.25) is 0 Å². The number of aromatic amines is 1. The van der Waals surface area contributed by atoms with Crippen molar-refractivity contribution in [2.45, 2.75) is 64.3 Å². The molecule has 0 bridgehead atoms. The lowest BCUT2D eigenvalue weighted by Gasteiger charge is -2.24. The number of ether oxygens (including phenoxy) is 2. The molecule has 1 aliphatic heterocycles. The summed E-state index contributed by atoms with van der Waals surface area (Å²) in [5.74, 6) is -0.944. The van der Waals surface area contributed by atoms with Crippen LogP contribution in [0.25, 0.3) is 11.1 Å². The van der Waals surface area contributed by atoms with E-state index in [4.69, 9.17) is 18.5 Å². The van der Waals surface area contributed by atoms with Crippen LogP contribution in [0.4, 0.5) is 8.78 Å². The van der Waals surface area contributed by atoms with Crippen molar-refractivity contribution in [3.8, 4) is 16.9 Å². The SMILES string of the molecule is CC(C)OC(=O)C(C)NP(=O)(OCC1CC(C)(F)C(n2ccc(=O)[nH]c2=O)O1)Oc1ccc(-c2ccc(F)cc2)cc1. The quantitative estimate of drug-likeness (QED) is 0.239. The van der Waals surface area contributed by atoms with E-state index in [1.807, 2.05) is 0 Å². The van der Waals surface area contributed by atoms with E-state index in [0.29, 0.717) is 0 Å². The number of esters is 1. The second kappa shape index (κ2) is 12.7. The number of nitrogens with one attached hydrogen (secondary N) is 2. The highest BCUT2D eigenvalue weighted by molar-refractivity contribution is 7.52. The first-order chi connectivity index (χ1) is 19.7. The van der Waals surface area contributed by atoms with Gasteiger partial charge in [0.05, 0.1) is 18.8 Å². The van der Waals surface area contributed by atoms with Gasteiger partial charge in [-0.05, 0) is 63.1 Å². The Balaban J connectivity index is 1.51. The first-order valence-electron chi connectivity index (χ1n) is 13.2. The van der Waals surface area contributed by atoms with E-state index in [9.17, 15) is 23.3 Å². The molecule has 1 aromatic heterocycles. The van der Waals surface area contributed by atoms with Crippen molar-refractivity contribution >= 4 is 13.7 Å². The average Bonchev–Trinajstić information content (AvgIpc) is 3.22. The fraction of sp³-hybridized carbons (Fsp3) is 0.393. The van der Waals surface area contributed by atoms with E-state index in [2.05, 4.69) is 10.1 Å². The zero-order valence-corrected chi connectivity index (χ0v) is 24.3. The summed E-state index contributed by atoms with van der Waals surface area (Å²) in [6, 6.07) is 12.2. The first-order valence-corrected chi connectivity index (χ1v) is 14.7. The van der Waals surface area contributed by atoms with Gasteiger partial charge in [0.15, 0.2) is 11.9 Å². The van der Waals surface area contributed by atoms with Crippen molar-refractivity contribution in [2.75, 3.05) is 6.61 Å². The maximum Gasteiger partial charge on any atom is 0.459 e. The van der Waals surface area contributed by atoms with Crippen molar-refractivity contribution in [3.63, 3.8) is 0 Å². The van der Waals surface area contributed by atoms with Crippen LogP contribution in [0.5, 0.6) is 5.75 Å². The predicted molar refractivity (Wildman–Crippen MR) is 149 cm³/mol. The Labute approximate surface area is 240 Å². The minimum Gasteiger partial charge on any atom is -0.462 e. The third-order valence-corrected chi connectivity index (χ3v) is 7.96. The van der Waals surface area contributed by atoms with Crippen LogP contribution in [-0.4, -0.2) is 46.0 Å². The number of nitrogens with zero attached hydrogens (tertiary/aromatic N) is 1. The number of hydrogen-bond donors (Lipinski definition) is 2. The topological polar surface area (TPSA) is 138 Å². The van der Waals surface area contributed by atoms with Crippen LogP contribution < -0.4 is 20.9 Å². The molecule has 0 spiro atoms. The third-order valence-electron chi connectivity index (χ3n) is 6.31. The molecule has 0 aliphatic carbocycles. The van der Waals surface area contributed by atoms with Crippen molar-refractivity contribution in [1.82, 2.24) is 14.6 Å². The number of carbonyl (C=O) groups excluding carboxylic acids is 1. The molecule has 2 heterocycles. The molecule has 11 nitrogen and oxygen atoms in total. The number of H-pyrrole nitrogens is 1. The number of halogens is 2. The van der Waals surface area contributed by atoms with Crippen LogP contribution in [0, 0.1) is 5.82 Å². The number of benzene rings is 2. The maximum atomic E-state index is 15.5. The van der Waals surface area contributed by atoms with E-state index in [-0.39, 0.29) is 18.0 Å². The lowest BCUT2D eigenvalue weighted by Crippen LogP contribution is -2.38. The minimum absolute atomic E-state index is 0.126. The van der Waals surface area contributed by atoms with Gasteiger partial charge in [0.1, 0.15) is 17.6 Å². The maximum absolute atomic E-state index is 15.5. The smallest absolute Gasteiger partial charge is 0.459 e. The van der Waals surface area contributed by atoms with Gasteiger partial charge < -0.3 is 14.0 Å². The second-order valence-electron chi connectivity index (χ2n) is 10.4. The number of rotatable bonds is 11. The largest absolute Gasteiger partial charge is 0.462 e. The van der Waals surface area contributed by atoms with Gasteiger partial charge in [-0.3, -0.25) is 23.7 Å². The van der Waals surface area contributed by atoms with E-state index >= 15 is 4.39 Å². The number of alkyl halides is 1. The molecule has 0 saturated carbocycles. The zero-order valence-electron chi connectivity index (χ0n) is 23.4. The molecule has 0 amide bonds. The molecular weight excluding hydrogens is 575 g/mol. The zero-order chi connectivity index (χ0) is 30.7. The molecule has 0 radical (unpaired) electrons. The molecule has 4 rings (SSSR count). The van der Waals surface area contributed by atoms with Crippen LogP contribution in [-0.2, 0) is 23.4 Å². The number of hydrogen-bond acceptors (Lipinski definition) is 8. The van der Waals surface area contributed by atoms with Crippen molar-refractivity contribution in [1.29, 1.82) is 0 Å². The van der Waals surface area contributed by atoms with E-state index in [1.54, 1.807) is 38.1 Å². The lowest BCUT2D eigenvalue weighted by atomic mass is 10.0. The summed E-state index contributed by atoms with van der Waals surface area (Å²) in [6.07, 6.45) is -1.89. The molecule has 5 unspecified atom stereocenters. The summed E-state index contributed by atoms with van der Waals surface area (Å²) >= 11 is 0. The second-order valence-corrected chi connectivity index (χ2v) is 12.1. The van der Waals surface area contributed by atoms with Crippen molar-refractivity contribution in [3.05, 3.63) is 87.4 Å². The Kier molecular flexibility index (Phi) is 9.47. The molecule has 1 saturated heterocycles. The minimum atomic E-state index is -4.31. The Morgan fingerprint density at radius 1 is 1.12 bits per heavy atom. The van der Waals surface area contributed by atoms with Gasteiger partial charge in [0.2, 0.25) is 0 Å². The lowest BCUT2D eigenvalue weighted by molar-refractivity contribution is -0.149. The van der Waals surface area contributed by atoms with E-state index < -0.39 is 61.7 Å². The first kappa shape index (κ1) is 31.3. The molecule has 226 valence electrons. The molecule has 5 atom stereocenters. The number of aromatic nitrogens is 2. The van der Waals surface area contributed by atoms with Crippen LogP contribution in [0.15, 0.2) is 70.4 Å². The Morgan fingerprint density at radius 3 is 2.33 bits per heavy atom. The molecule has 3 aromatic rings. The van der Waals surface area contributed by atoms with Crippen molar-refractivity contribution < 1.29 is 36.7 Å². The molecule has 2 N–H and O–H groups in total. The van der Waals surface area contributed by atoms with Gasteiger partial charge in [0, 0.05) is 18.7 Å². The molecule has 1 fully saturated rings. The van der Waals surface area contributed by atoms with Gasteiger partial charge in [-0.1, -0.05) is 24.3 Å². The molecule has 42 heavy (non-hydrogen) atoms. The summed E-state index contributed by atoms with van der Waals surface area (Å²) in [4.78, 5) is 38.1. The summed E-state index contributed by atoms with van der Waals surface area (Å²) < 4.78 is 65.8. The summed E-state index contributed by atoms with van der Waals surface area (Å²) in [6.45, 7) is 5.55. The summed E-state index contributed by atoms with van der Waals surface area (Å²) in [5, 5.41) is 2.55. The van der Waals surface area contributed by atoms with Crippen LogP contribution in [0.3, 0.4) is 0 Å². The molecule has 2 aromatic carbocycles. The average molecular weight is 608 g/mol.